The lowest BCUT2D eigenvalue weighted by atomic mass is 9.87. The first-order valence-electron chi connectivity index (χ1n) is 5.16. The van der Waals surface area contributed by atoms with Gasteiger partial charge in [0.15, 0.2) is 0 Å². The van der Waals surface area contributed by atoms with E-state index < -0.39 is 0 Å². The topological polar surface area (TPSA) is 0 Å². The van der Waals surface area contributed by atoms with E-state index in [1.165, 1.54) is 12.0 Å². The Hall–Kier alpha value is -1.22. The summed E-state index contributed by atoms with van der Waals surface area (Å²) in [5, 5.41) is 0. The molecule has 0 spiro atoms. The van der Waals surface area contributed by atoms with Gasteiger partial charge in [-0.25, -0.2) is 0 Å². The van der Waals surface area contributed by atoms with E-state index in [2.05, 4.69) is 50.1 Å². The van der Waals surface area contributed by atoms with Crippen LogP contribution in [0.15, 0.2) is 30.3 Å². The van der Waals surface area contributed by atoms with Crippen molar-refractivity contribution in [2.24, 2.45) is 5.41 Å². The van der Waals surface area contributed by atoms with Crippen molar-refractivity contribution in [1.29, 1.82) is 0 Å². The molecule has 0 saturated carbocycles. The summed E-state index contributed by atoms with van der Waals surface area (Å²) in [7, 11) is 0. The van der Waals surface area contributed by atoms with E-state index in [-0.39, 0.29) is 5.41 Å². The Balaban J connectivity index is 2.34. The maximum atomic E-state index is 5.44. The van der Waals surface area contributed by atoms with Crippen molar-refractivity contribution in [3.8, 4) is 12.3 Å². The first-order chi connectivity index (χ1) is 6.64. The zero-order valence-corrected chi connectivity index (χ0v) is 9.09. The van der Waals surface area contributed by atoms with Crippen molar-refractivity contribution in [3.63, 3.8) is 0 Å². The van der Waals surface area contributed by atoms with Crippen LogP contribution in [-0.2, 0) is 6.42 Å². The molecule has 0 heteroatoms. The van der Waals surface area contributed by atoms with E-state index in [4.69, 9.17) is 6.42 Å². The number of rotatable bonds is 4. The number of aryl methyl sites for hydroxylation is 1. The molecule has 14 heavy (non-hydrogen) atoms. The molecule has 0 fully saturated rings. The Morgan fingerprint density at radius 2 is 1.86 bits per heavy atom. The van der Waals surface area contributed by atoms with Gasteiger partial charge in [-0.3, -0.25) is 0 Å². The fourth-order valence-electron chi connectivity index (χ4n) is 1.45. The molecule has 1 aromatic rings. The third kappa shape index (κ3) is 3.66. The molecule has 0 atom stereocenters. The molecule has 0 heterocycles. The normalized spacial score (nSPS) is 10.9. The molecule has 0 aliphatic carbocycles. The molecule has 0 aliphatic rings. The number of terminal acetylenes is 1. The summed E-state index contributed by atoms with van der Waals surface area (Å²) in [5.41, 5.74) is 1.45. The van der Waals surface area contributed by atoms with Crippen LogP contribution in [0.1, 0.15) is 32.3 Å². The maximum absolute atomic E-state index is 5.44. The largest absolute Gasteiger partial charge is 0.120 e. The summed E-state index contributed by atoms with van der Waals surface area (Å²) in [4.78, 5) is 0. The molecule has 0 radical (unpaired) electrons. The predicted octanol–water partition coefficient (Wildman–Crippen LogP) is 3.67. The predicted molar refractivity (Wildman–Crippen MR) is 62.0 cm³/mol. The van der Waals surface area contributed by atoms with Crippen LogP contribution in [0.3, 0.4) is 0 Å². The van der Waals surface area contributed by atoms with E-state index >= 15 is 0 Å². The van der Waals surface area contributed by atoms with Crippen LogP contribution in [0.25, 0.3) is 0 Å². The van der Waals surface area contributed by atoms with Crippen molar-refractivity contribution < 1.29 is 0 Å². The minimum absolute atomic E-state index is 0.0504. The quantitative estimate of drug-likeness (QED) is 0.629. The van der Waals surface area contributed by atoms with Crippen molar-refractivity contribution in [2.45, 2.75) is 33.1 Å². The molecule has 0 nitrogen and oxygen atoms in total. The summed E-state index contributed by atoms with van der Waals surface area (Å²) in [6.07, 6.45) is 8.83. The summed E-state index contributed by atoms with van der Waals surface area (Å²) < 4.78 is 0. The molecule has 0 bridgehead atoms. The third-order valence-electron chi connectivity index (χ3n) is 2.50. The average molecular weight is 186 g/mol. The van der Waals surface area contributed by atoms with Gasteiger partial charge in [0.25, 0.3) is 0 Å². The van der Waals surface area contributed by atoms with Gasteiger partial charge in [-0.05, 0) is 38.7 Å². The van der Waals surface area contributed by atoms with Gasteiger partial charge in [-0.15, -0.1) is 12.3 Å². The number of benzene rings is 1. The first kappa shape index (κ1) is 10.9. The summed E-state index contributed by atoms with van der Waals surface area (Å²) in [6, 6.07) is 10.6. The van der Waals surface area contributed by atoms with Gasteiger partial charge in [-0.2, -0.15) is 0 Å². The van der Waals surface area contributed by atoms with E-state index in [0.717, 1.165) is 12.8 Å². The van der Waals surface area contributed by atoms with Crippen LogP contribution in [0, 0.1) is 17.8 Å². The Bertz CT molecular complexity index is 301. The van der Waals surface area contributed by atoms with E-state index in [1.54, 1.807) is 0 Å². The van der Waals surface area contributed by atoms with Crippen LogP contribution in [-0.4, -0.2) is 0 Å². The van der Waals surface area contributed by atoms with Crippen molar-refractivity contribution in [2.75, 3.05) is 0 Å². The molecular formula is C14H18. The van der Waals surface area contributed by atoms with Crippen molar-refractivity contribution in [3.05, 3.63) is 35.9 Å². The van der Waals surface area contributed by atoms with Crippen LogP contribution in [0.2, 0.25) is 0 Å². The maximum Gasteiger partial charge on any atom is 0.0255 e. The molecule has 1 rings (SSSR count). The van der Waals surface area contributed by atoms with Crippen molar-refractivity contribution >= 4 is 0 Å². The van der Waals surface area contributed by atoms with Crippen LogP contribution in [0.5, 0.6) is 0 Å². The number of hydrogen-bond acceptors (Lipinski definition) is 0. The van der Waals surface area contributed by atoms with Crippen LogP contribution >= 0.6 is 0 Å². The van der Waals surface area contributed by atoms with Gasteiger partial charge in [0, 0.05) is 5.41 Å². The zero-order chi connectivity index (χ0) is 10.4. The lowest BCUT2D eigenvalue weighted by molar-refractivity contribution is 0.441. The average Bonchev–Trinajstić information content (AvgIpc) is 2.19. The van der Waals surface area contributed by atoms with E-state index in [1.807, 2.05) is 0 Å². The zero-order valence-electron chi connectivity index (χ0n) is 9.09. The Labute approximate surface area is 87.4 Å². The van der Waals surface area contributed by atoms with Gasteiger partial charge in [-0.1, -0.05) is 30.3 Å². The summed E-state index contributed by atoms with van der Waals surface area (Å²) in [6.45, 7) is 4.25. The van der Waals surface area contributed by atoms with Crippen LogP contribution in [0.4, 0.5) is 0 Å². The molecular weight excluding hydrogens is 168 g/mol. The van der Waals surface area contributed by atoms with Gasteiger partial charge in [0.1, 0.15) is 0 Å². The first-order valence-corrected chi connectivity index (χ1v) is 5.16. The summed E-state index contributed by atoms with van der Waals surface area (Å²) >= 11 is 0. The Morgan fingerprint density at radius 1 is 1.21 bits per heavy atom. The van der Waals surface area contributed by atoms with Gasteiger partial charge in [0.2, 0.25) is 0 Å². The highest BCUT2D eigenvalue weighted by atomic mass is 14.2. The van der Waals surface area contributed by atoms with Gasteiger partial charge in [0.05, 0.1) is 0 Å². The monoisotopic (exact) mass is 186 g/mol. The second-order valence-corrected chi connectivity index (χ2v) is 4.37. The summed E-state index contributed by atoms with van der Waals surface area (Å²) in [5.74, 6) is 2.83. The lowest BCUT2D eigenvalue weighted by Gasteiger charge is -2.16. The molecule has 0 aliphatic heterocycles. The van der Waals surface area contributed by atoms with Crippen LogP contribution < -0.4 is 0 Å². The molecule has 0 saturated heterocycles. The smallest absolute Gasteiger partial charge is 0.0255 e. The van der Waals surface area contributed by atoms with Gasteiger partial charge < -0.3 is 0 Å². The fourth-order valence-corrected chi connectivity index (χ4v) is 1.45. The molecule has 1 aromatic carbocycles. The molecule has 0 aromatic heterocycles. The Kier molecular flexibility index (Phi) is 3.77. The SMILES string of the molecule is C#CC(C)(C)CCCc1ccccc1. The molecule has 0 N–H and O–H groups in total. The molecule has 0 unspecified atom stereocenters. The highest BCUT2D eigenvalue weighted by Crippen LogP contribution is 2.21. The standard InChI is InChI=1S/C14H18/c1-4-14(2,3)12-8-11-13-9-6-5-7-10-13/h1,5-7,9-10H,8,11-12H2,2-3H3. The van der Waals surface area contributed by atoms with Crippen molar-refractivity contribution in [1.82, 2.24) is 0 Å². The lowest BCUT2D eigenvalue weighted by Crippen LogP contribution is -2.07. The van der Waals surface area contributed by atoms with Gasteiger partial charge >= 0.3 is 0 Å². The third-order valence-corrected chi connectivity index (χ3v) is 2.50. The Morgan fingerprint density at radius 3 is 2.43 bits per heavy atom. The van der Waals surface area contributed by atoms with E-state index in [0.29, 0.717) is 0 Å². The second-order valence-electron chi connectivity index (χ2n) is 4.37. The van der Waals surface area contributed by atoms with E-state index in [9.17, 15) is 0 Å². The highest BCUT2D eigenvalue weighted by Gasteiger charge is 2.12. The second kappa shape index (κ2) is 4.86. The highest BCUT2D eigenvalue weighted by molar-refractivity contribution is 5.14. The molecule has 0 amide bonds. The number of hydrogen-bond donors (Lipinski definition) is 0. The minimum Gasteiger partial charge on any atom is -0.120 e. The molecule has 74 valence electrons. The minimum atomic E-state index is 0.0504. The fraction of sp³-hybridized carbons (Fsp3) is 0.429.